The number of nitrogen functional groups attached to an aromatic ring is 1. The molecule has 1 atom stereocenters. The van der Waals surface area contributed by atoms with Gasteiger partial charge in [0.25, 0.3) is 5.56 Å². The van der Waals surface area contributed by atoms with Crippen molar-refractivity contribution in [2.45, 2.75) is 25.6 Å². The number of ketones is 1. The van der Waals surface area contributed by atoms with Crippen LogP contribution in [-0.2, 0) is 27.4 Å². The highest BCUT2D eigenvalue weighted by Gasteiger charge is 2.36. The molecule has 0 spiro atoms. The van der Waals surface area contributed by atoms with Gasteiger partial charge in [-0.2, -0.15) is 0 Å². The minimum Gasteiger partial charge on any atom is -0.493 e. The maximum Gasteiger partial charge on any atom is 0.294 e. The van der Waals surface area contributed by atoms with E-state index in [1.165, 1.54) is 20.3 Å². The van der Waals surface area contributed by atoms with Gasteiger partial charge in [0.05, 0.1) is 31.7 Å². The lowest BCUT2D eigenvalue weighted by atomic mass is 9.96. The lowest BCUT2D eigenvalue weighted by Crippen LogP contribution is -2.42. The van der Waals surface area contributed by atoms with Crippen molar-refractivity contribution < 1.29 is 19.4 Å². The van der Waals surface area contributed by atoms with Crippen molar-refractivity contribution in [1.29, 1.82) is 0 Å². The SMILES string of the molecule is COC1=CC(=Nc2c(N)n3n(c2=O)CCC3)C(=NCCO)C(OC)C1=O. The third-order valence-corrected chi connectivity index (χ3v) is 4.32. The molecule has 0 saturated carbocycles. The summed E-state index contributed by atoms with van der Waals surface area (Å²) in [5.74, 6) is -0.0987. The standard InChI is InChI=1S/C16H21N5O5/c1-25-10-8-9(11(18-4-7-22)14(26-2)13(10)23)19-12-15(17)20-5-3-6-21(20)16(12)24/h8,14,22H,3-7,17H2,1-2H3. The number of nitrogens with two attached hydrogens (primary N) is 1. The molecule has 0 radical (unpaired) electrons. The van der Waals surface area contributed by atoms with Gasteiger partial charge in [0.2, 0.25) is 5.78 Å². The molecule has 0 saturated heterocycles. The minimum absolute atomic E-state index is 0.0453. The number of methoxy groups -OCH3 is 2. The smallest absolute Gasteiger partial charge is 0.294 e. The predicted octanol–water partition coefficient (Wildman–Crippen LogP) is -0.730. The normalized spacial score (nSPS) is 22.8. The van der Waals surface area contributed by atoms with Crippen molar-refractivity contribution in [3.8, 4) is 0 Å². The van der Waals surface area contributed by atoms with E-state index in [9.17, 15) is 9.59 Å². The Morgan fingerprint density at radius 2 is 2.04 bits per heavy atom. The molecule has 26 heavy (non-hydrogen) atoms. The predicted molar refractivity (Wildman–Crippen MR) is 95.1 cm³/mol. The Labute approximate surface area is 149 Å². The van der Waals surface area contributed by atoms with Crippen LogP contribution in [0.3, 0.4) is 0 Å². The van der Waals surface area contributed by atoms with Crippen LogP contribution in [0.2, 0.25) is 0 Å². The molecule has 3 N–H and O–H groups in total. The lowest BCUT2D eigenvalue weighted by Gasteiger charge is -2.22. The second-order valence-corrected chi connectivity index (χ2v) is 5.82. The molecule has 1 aromatic rings. The number of aromatic nitrogens is 2. The average molecular weight is 363 g/mol. The molecule has 10 heteroatoms. The highest BCUT2D eigenvalue weighted by Crippen LogP contribution is 2.24. The number of anilines is 1. The topological polar surface area (TPSA) is 133 Å². The van der Waals surface area contributed by atoms with Crippen LogP contribution in [0, 0.1) is 0 Å². The zero-order valence-corrected chi connectivity index (χ0v) is 14.6. The van der Waals surface area contributed by atoms with Gasteiger partial charge in [-0.15, -0.1) is 0 Å². The number of carbonyl (C=O) groups excluding carboxylic acids is 1. The van der Waals surface area contributed by atoms with Gasteiger partial charge in [-0.05, 0) is 6.42 Å². The fraction of sp³-hybridized carbons (Fsp3) is 0.500. The molecule has 2 aliphatic rings. The van der Waals surface area contributed by atoms with Crippen molar-refractivity contribution in [3.05, 3.63) is 22.2 Å². The number of fused-ring (bicyclic) bond motifs is 1. The van der Waals surface area contributed by atoms with E-state index in [0.29, 0.717) is 13.1 Å². The fourth-order valence-corrected chi connectivity index (χ4v) is 3.11. The van der Waals surface area contributed by atoms with E-state index < -0.39 is 11.9 Å². The van der Waals surface area contributed by atoms with Crippen molar-refractivity contribution in [2.24, 2.45) is 9.98 Å². The number of aliphatic hydroxyl groups is 1. The quantitative estimate of drug-likeness (QED) is 0.708. The first kappa shape index (κ1) is 18.1. The zero-order chi connectivity index (χ0) is 18.8. The van der Waals surface area contributed by atoms with E-state index >= 15 is 0 Å². The van der Waals surface area contributed by atoms with Crippen molar-refractivity contribution >= 4 is 28.7 Å². The van der Waals surface area contributed by atoms with Gasteiger partial charge in [-0.3, -0.25) is 19.3 Å². The maximum absolute atomic E-state index is 12.6. The van der Waals surface area contributed by atoms with Crippen LogP contribution in [0.25, 0.3) is 0 Å². The van der Waals surface area contributed by atoms with Crippen LogP contribution >= 0.6 is 0 Å². The van der Waals surface area contributed by atoms with Gasteiger partial charge >= 0.3 is 0 Å². The number of Topliss-reactive ketones (excluding diaryl/α,β-unsaturated/α-hetero) is 1. The molecular weight excluding hydrogens is 342 g/mol. The summed E-state index contributed by atoms with van der Waals surface area (Å²) in [6, 6.07) is 0. The summed E-state index contributed by atoms with van der Waals surface area (Å²) >= 11 is 0. The van der Waals surface area contributed by atoms with E-state index in [1.54, 1.807) is 9.36 Å². The number of aliphatic hydroxyl groups excluding tert-OH is 1. The van der Waals surface area contributed by atoms with Crippen LogP contribution in [0.4, 0.5) is 11.5 Å². The Morgan fingerprint density at radius 3 is 2.65 bits per heavy atom. The molecular formula is C16H21N5O5. The largest absolute Gasteiger partial charge is 0.493 e. The molecule has 3 rings (SSSR count). The first-order valence-electron chi connectivity index (χ1n) is 8.19. The van der Waals surface area contributed by atoms with E-state index in [2.05, 4.69) is 9.98 Å². The summed E-state index contributed by atoms with van der Waals surface area (Å²) < 4.78 is 13.6. The summed E-state index contributed by atoms with van der Waals surface area (Å²) in [5, 5.41) is 9.07. The van der Waals surface area contributed by atoms with Gasteiger partial charge < -0.3 is 20.3 Å². The van der Waals surface area contributed by atoms with Crippen molar-refractivity contribution in [2.75, 3.05) is 33.1 Å². The number of hydrogen-bond donors (Lipinski definition) is 2. The molecule has 10 nitrogen and oxygen atoms in total. The molecule has 140 valence electrons. The van der Waals surface area contributed by atoms with Crippen LogP contribution in [0.15, 0.2) is 26.6 Å². The first-order chi connectivity index (χ1) is 12.5. The molecule has 1 aromatic heterocycles. The highest BCUT2D eigenvalue weighted by atomic mass is 16.5. The molecule has 1 aliphatic heterocycles. The average Bonchev–Trinajstić information content (AvgIpc) is 3.20. The van der Waals surface area contributed by atoms with Gasteiger partial charge in [0.1, 0.15) is 0 Å². The van der Waals surface area contributed by atoms with Crippen LogP contribution in [-0.4, -0.2) is 65.2 Å². The Hall–Kier alpha value is -2.72. The number of allylic oxidation sites excluding steroid dienone is 1. The molecule has 0 fully saturated rings. The van der Waals surface area contributed by atoms with Crippen molar-refractivity contribution in [1.82, 2.24) is 9.36 Å². The van der Waals surface area contributed by atoms with E-state index in [4.69, 9.17) is 20.3 Å². The third kappa shape index (κ3) is 2.86. The molecule has 1 aliphatic carbocycles. The van der Waals surface area contributed by atoms with E-state index in [-0.39, 0.29) is 47.4 Å². The Kier molecular flexibility index (Phi) is 5.05. The summed E-state index contributed by atoms with van der Waals surface area (Å²) in [6.45, 7) is 1.10. The van der Waals surface area contributed by atoms with Gasteiger partial charge in [0.15, 0.2) is 23.4 Å². The highest BCUT2D eigenvalue weighted by molar-refractivity contribution is 6.54. The number of nitrogens with zero attached hydrogens (tertiary/aromatic N) is 4. The fourth-order valence-electron chi connectivity index (χ4n) is 3.11. The van der Waals surface area contributed by atoms with E-state index in [1.807, 2.05) is 0 Å². The molecule has 0 amide bonds. The Bertz CT molecular complexity index is 876. The second-order valence-electron chi connectivity index (χ2n) is 5.82. The molecule has 0 bridgehead atoms. The Balaban J connectivity index is 2.16. The molecule has 2 heterocycles. The maximum atomic E-state index is 12.6. The van der Waals surface area contributed by atoms with Crippen LogP contribution in [0.5, 0.6) is 0 Å². The van der Waals surface area contributed by atoms with Gasteiger partial charge in [0, 0.05) is 26.3 Å². The number of ether oxygens (including phenoxy) is 2. The number of hydrogen-bond acceptors (Lipinski definition) is 8. The number of carbonyl (C=O) groups is 1. The van der Waals surface area contributed by atoms with E-state index in [0.717, 1.165) is 6.42 Å². The summed E-state index contributed by atoms with van der Waals surface area (Å²) in [5.41, 5.74) is 6.35. The van der Waals surface area contributed by atoms with Crippen molar-refractivity contribution in [3.63, 3.8) is 0 Å². The zero-order valence-electron chi connectivity index (χ0n) is 14.6. The first-order valence-corrected chi connectivity index (χ1v) is 8.19. The number of rotatable bonds is 5. The monoisotopic (exact) mass is 363 g/mol. The van der Waals surface area contributed by atoms with Gasteiger partial charge in [-0.25, -0.2) is 9.67 Å². The molecule has 1 unspecified atom stereocenters. The summed E-state index contributed by atoms with van der Waals surface area (Å²) in [6.07, 6.45) is 1.21. The minimum atomic E-state index is -1.03. The van der Waals surface area contributed by atoms with Crippen LogP contribution in [0.1, 0.15) is 6.42 Å². The second kappa shape index (κ2) is 7.26. The molecule has 0 aromatic carbocycles. The third-order valence-electron chi connectivity index (χ3n) is 4.32. The van der Waals surface area contributed by atoms with Gasteiger partial charge in [-0.1, -0.05) is 0 Å². The Morgan fingerprint density at radius 1 is 1.31 bits per heavy atom. The number of aliphatic imine (C=N–C) groups is 2. The summed E-state index contributed by atoms with van der Waals surface area (Å²) in [4.78, 5) is 33.6. The van der Waals surface area contributed by atoms with Crippen LogP contribution < -0.4 is 11.3 Å². The summed E-state index contributed by atoms with van der Waals surface area (Å²) in [7, 11) is 2.73. The lowest BCUT2D eigenvalue weighted by molar-refractivity contribution is -0.124.